The largest absolute Gasteiger partial charge is 0.480 e. The standard InChI is InChI=1S/C54H71N13O8/c1-28(2)44(65-48(69)41(22-31-25-59-38-18-10-7-14-34(31)38)62-47(68)37(55)17-13-21-58-54(56)57)50(71)63-42(23-32-26-60-39-19-11-8-15-35(32)39)49(70)66-46(30(5)6)52(73)67-45(29(3)4)51(72)64-43(53(74)75)24-33-27-61-40-20-12-9-16-36(33)40/h7-12,14-16,18-20,25-30,37,41-46,59-61H,13,17,21-24,55H2,1-6H3,(H,62,68)(H,63,71)(H,64,72)(H,65,69)(H,66,70)(H,67,73)(H,74,75)(H4,56,57,58)/t37-,41-,42-,43-,44-,45-,46-/m0/s1. The van der Waals surface area contributed by atoms with Crippen molar-refractivity contribution in [3.63, 3.8) is 0 Å². The highest BCUT2D eigenvalue weighted by Gasteiger charge is 2.37. The summed E-state index contributed by atoms with van der Waals surface area (Å²) in [6, 6.07) is 13.8. The number of fused-ring (bicyclic) bond motifs is 3. The van der Waals surface area contributed by atoms with Crippen LogP contribution in [0.25, 0.3) is 32.7 Å². The van der Waals surface area contributed by atoms with Crippen molar-refractivity contribution in [1.29, 1.82) is 5.41 Å². The third kappa shape index (κ3) is 14.7. The van der Waals surface area contributed by atoms with Crippen LogP contribution >= 0.6 is 0 Å². The molecule has 3 aromatic heterocycles. The predicted molar refractivity (Wildman–Crippen MR) is 287 cm³/mol. The van der Waals surface area contributed by atoms with E-state index in [-0.39, 0.29) is 31.6 Å². The van der Waals surface area contributed by atoms with Gasteiger partial charge in [-0.25, -0.2) is 4.79 Å². The third-order valence-corrected chi connectivity index (χ3v) is 13.3. The number of H-pyrrole nitrogens is 3. The minimum atomic E-state index is -1.33. The van der Waals surface area contributed by atoms with Crippen LogP contribution < -0.4 is 48.7 Å². The first-order valence-electron chi connectivity index (χ1n) is 25.3. The number of hydrogen-bond donors (Lipinski definition) is 14. The van der Waals surface area contributed by atoms with Crippen LogP contribution in [0.4, 0.5) is 0 Å². The molecule has 7 atom stereocenters. The molecule has 0 aliphatic carbocycles. The Morgan fingerprint density at radius 3 is 1.21 bits per heavy atom. The molecule has 0 bridgehead atoms. The van der Waals surface area contributed by atoms with E-state index in [1.54, 1.807) is 60.1 Å². The number of carboxylic acids is 1. The lowest BCUT2D eigenvalue weighted by atomic mass is 9.97. The second-order valence-corrected chi connectivity index (χ2v) is 20.0. The zero-order valence-electron chi connectivity index (χ0n) is 43.1. The Bertz CT molecular complexity index is 2990. The first-order valence-corrected chi connectivity index (χ1v) is 25.3. The zero-order valence-corrected chi connectivity index (χ0v) is 43.1. The van der Waals surface area contributed by atoms with E-state index in [0.29, 0.717) is 24.1 Å². The van der Waals surface area contributed by atoms with Crippen molar-refractivity contribution in [2.45, 2.75) is 116 Å². The van der Waals surface area contributed by atoms with Crippen LogP contribution in [0.5, 0.6) is 0 Å². The van der Waals surface area contributed by atoms with E-state index < -0.39 is 101 Å². The summed E-state index contributed by atoms with van der Waals surface area (Å²) in [4.78, 5) is 107. The monoisotopic (exact) mass is 1030 g/mol. The Morgan fingerprint density at radius 2 is 0.840 bits per heavy atom. The quantitative estimate of drug-likeness (QED) is 0.0213. The molecule has 0 saturated carbocycles. The van der Waals surface area contributed by atoms with Gasteiger partial charge in [-0.1, -0.05) is 96.1 Å². The number of carboxylic acid groups (broad SMARTS) is 1. The number of hydrogen-bond acceptors (Lipinski definition) is 9. The smallest absolute Gasteiger partial charge is 0.326 e. The lowest BCUT2D eigenvalue weighted by Crippen LogP contribution is -2.62. The summed E-state index contributed by atoms with van der Waals surface area (Å²) in [5, 5.41) is 39.3. The van der Waals surface area contributed by atoms with Crippen LogP contribution in [0.1, 0.15) is 71.1 Å². The molecule has 0 unspecified atom stereocenters. The van der Waals surface area contributed by atoms with Gasteiger partial charge in [0.1, 0.15) is 36.3 Å². The fraction of sp³-hybridized carbons (Fsp3) is 0.407. The van der Waals surface area contributed by atoms with E-state index in [0.717, 1.165) is 38.3 Å². The van der Waals surface area contributed by atoms with Gasteiger partial charge in [0.15, 0.2) is 5.96 Å². The number of aromatic amines is 3. The van der Waals surface area contributed by atoms with Gasteiger partial charge in [-0.05, 0) is 65.5 Å². The van der Waals surface area contributed by atoms with Gasteiger partial charge >= 0.3 is 5.97 Å². The fourth-order valence-electron chi connectivity index (χ4n) is 9.01. The fourth-order valence-corrected chi connectivity index (χ4v) is 9.01. The van der Waals surface area contributed by atoms with E-state index >= 15 is 0 Å². The maximum atomic E-state index is 14.7. The van der Waals surface area contributed by atoms with Crippen LogP contribution in [-0.4, -0.2) is 116 Å². The van der Waals surface area contributed by atoms with Crippen molar-refractivity contribution >= 4 is 80.1 Å². The van der Waals surface area contributed by atoms with E-state index in [2.05, 4.69) is 52.2 Å². The maximum absolute atomic E-state index is 14.7. The minimum Gasteiger partial charge on any atom is -0.480 e. The van der Waals surface area contributed by atoms with Crippen molar-refractivity contribution in [1.82, 2.24) is 52.2 Å². The highest BCUT2D eigenvalue weighted by molar-refractivity contribution is 5.98. The van der Waals surface area contributed by atoms with Crippen LogP contribution in [0.2, 0.25) is 0 Å². The molecule has 0 saturated heterocycles. The molecule has 0 radical (unpaired) electrons. The molecule has 21 heteroatoms. The van der Waals surface area contributed by atoms with Crippen molar-refractivity contribution in [2.24, 2.45) is 29.2 Å². The Morgan fingerprint density at radius 1 is 0.507 bits per heavy atom. The topological polar surface area (TPSA) is 347 Å². The number of nitrogens with two attached hydrogens (primary N) is 2. The Balaban J connectivity index is 1.21. The van der Waals surface area contributed by atoms with Crippen molar-refractivity contribution in [3.05, 3.63) is 108 Å². The van der Waals surface area contributed by atoms with E-state index in [9.17, 15) is 38.7 Å². The number of amides is 6. The summed E-state index contributed by atoms with van der Waals surface area (Å²) in [7, 11) is 0. The molecule has 0 spiro atoms. The molecule has 6 rings (SSSR count). The number of para-hydroxylation sites is 3. The minimum absolute atomic E-state index is 0.0285. The average Bonchev–Trinajstić information content (AvgIpc) is 4.11. The zero-order chi connectivity index (χ0) is 54.5. The number of nitrogens with one attached hydrogen (secondary N) is 11. The summed E-state index contributed by atoms with van der Waals surface area (Å²) in [6.45, 7) is 10.6. The molecule has 16 N–H and O–H groups in total. The van der Waals surface area contributed by atoms with Crippen LogP contribution in [0.3, 0.4) is 0 Å². The number of carbonyl (C=O) groups is 7. The Kier molecular flexibility index (Phi) is 19.2. The molecule has 3 aromatic carbocycles. The number of rotatable bonds is 26. The second-order valence-electron chi connectivity index (χ2n) is 20.0. The summed E-state index contributed by atoms with van der Waals surface area (Å²) >= 11 is 0. The molecule has 75 heavy (non-hydrogen) atoms. The van der Waals surface area contributed by atoms with Crippen LogP contribution in [-0.2, 0) is 52.8 Å². The number of carbonyl (C=O) groups excluding carboxylic acids is 6. The summed E-state index contributed by atoms with van der Waals surface area (Å²) in [5.41, 5.74) is 16.1. The van der Waals surface area contributed by atoms with Crippen molar-refractivity contribution < 1.29 is 38.7 Å². The van der Waals surface area contributed by atoms with Gasteiger partial charge in [0.2, 0.25) is 35.4 Å². The van der Waals surface area contributed by atoms with Gasteiger partial charge in [0.05, 0.1) is 6.04 Å². The highest BCUT2D eigenvalue weighted by atomic mass is 16.4. The first kappa shape index (κ1) is 56.1. The first-order chi connectivity index (χ1) is 35.7. The third-order valence-electron chi connectivity index (χ3n) is 13.3. The molecule has 6 amide bonds. The number of benzene rings is 3. The summed E-state index contributed by atoms with van der Waals surface area (Å²) < 4.78 is 0. The van der Waals surface area contributed by atoms with Gasteiger partial charge in [0, 0.05) is 77.1 Å². The van der Waals surface area contributed by atoms with Gasteiger partial charge in [-0.15, -0.1) is 0 Å². The predicted octanol–water partition coefficient (Wildman–Crippen LogP) is 2.71. The molecule has 3 heterocycles. The number of guanidine groups is 1. The van der Waals surface area contributed by atoms with E-state index in [4.69, 9.17) is 16.9 Å². The summed E-state index contributed by atoms with van der Waals surface area (Å²) in [5.74, 6) is -7.24. The molecule has 400 valence electrons. The molecule has 0 fully saturated rings. The maximum Gasteiger partial charge on any atom is 0.326 e. The lowest BCUT2D eigenvalue weighted by molar-refractivity contribution is -0.142. The number of aromatic nitrogens is 3. The van der Waals surface area contributed by atoms with Gasteiger partial charge in [-0.3, -0.25) is 34.2 Å². The van der Waals surface area contributed by atoms with Gasteiger partial charge in [-0.2, -0.15) is 0 Å². The number of aliphatic carboxylic acids is 1. The molecule has 6 aromatic rings. The van der Waals surface area contributed by atoms with Crippen LogP contribution in [0.15, 0.2) is 91.4 Å². The van der Waals surface area contributed by atoms with Crippen molar-refractivity contribution in [2.75, 3.05) is 6.54 Å². The Labute approximate surface area is 434 Å². The molecular formula is C54H71N13O8. The average molecular weight is 1030 g/mol. The summed E-state index contributed by atoms with van der Waals surface area (Å²) in [6.07, 6.45) is 5.76. The SMILES string of the molecule is CC(C)[C@H](NC(=O)[C@H](Cc1c[nH]c2ccccc12)NC(=O)[C@@H](N)CCCNC(=N)N)C(=O)N[C@@H](Cc1c[nH]c2ccccc12)C(=O)N[C@H](C(=O)N[C@H](C(=O)N[C@@H](Cc1c[nH]c2ccccc12)C(=O)O)C(C)C)C(C)C. The highest BCUT2D eigenvalue weighted by Crippen LogP contribution is 2.23. The van der Waals surface area contributed by atoms with E-state index in [1.165, 1.54) is 0 Å². The Hall–Kier alpha value is -8.20. The molecule has 21 nitrogen and oxygen atoms in total. The normalized spacial score (nSPS) is 14.4. The van der Waals surface area contributed by atoms with Gasteiger partial charge < -0.3 is 68.7 Å². The second kappa shape index (κ2) is 25.6. The molecular weight excluding hydrogens is 959 g/mol. The van der Waals surface area contributed by atoms with E-state index in [1.807, 2.05) is 72.8 Å². The van der Waals surface area contributed by atoms with Gasteiger partial charge in [0.25, 0.3) is 0 Å². The molecule has 0 aliphatic rings. The molecule has 0 aliphatic heterocycles. The lowest BCUT2D eigenvalue weighted by Gasteiger charge is -2.30. The van der Waals surface area contributed by atoms with Crippen molar-refractivity contribution in [3.8, 4) is 0 Å². The van der Waals surface area contributed by atoms with Crippen LogP contribution in [0, 0.1) is 23.2 Å².